The van der Waals surface area contributed by atoms with Gasteiger partial charge in [-0.2, -0.15) is 0 Å². The molecule has 0 atom stereocenters. The lowest BCUT2D eigenvalue weighted by molar-refractivity contribution is 0.00578. The third-order valence-corrected chi connectivity index (χ3v) is 4.95. The van der Waals surface area contributed by atoms with Gasteiger partial charge in [-0.15, -0.1) is 0 Å². The molecule has 1 fully saturated rings. The number of fused-ring (bicyclic) bond motifs is 1. The molecule has 0 aliphatic carbocycles. The molecule has 0 amide bonds. The van der Waals surface area contributed by atoms with E-state index in [0.29, 0.717) is 11.1 Å². The van der Waals surface area contributed by atoms with Crippen molar-refractivity contribution in [2.75, 3.05) is 11.4 Å². The van der Waals surface area contributed by atoms with Crippen LogP contribution in [0, 0.1) is 0 Å². The van der Waals surface area contributed by atoms with Gasteiger partial charge >= 0.3 is 7.12 Å². The van der Waals surface area contributed by atoms with Gasteiger partial charge in [0.25, 0.3) is 0 Å². The lowest BCUT2D eigenvalue weighted by Crippen LogP contribution is -2.41. The highest BCUT2D eigenvalue weighted by Gasteiger charge is 2.52. The second-order valence-electron chi connectivity index (χ2n) is 6.83. The van der Waals surface area contributed by atoms with Gasteiger partial charge in [0.1, 0.15) is 11.8 Å². The third kappa shape index (κ3) is 2.57. The van der Waals surface area contributed by atoms with E-state index in [0.717, 1.165) is 22.8 Å². The largest absolute Gasteiger partial charge is 0.497 e. The van der Waals surface area contributed by atoms with Crippen molar-refractivity contribution in [1.29, 1.82) is 0 Å². The van der Waals surface area contributed by atoms with Crippen LogP contribution in [0.25, 0.3) is 11.0 Å². The van der Waals surface area contributed by atoms with Crippen molar-refractivity contribution >= 4 is 48.3 Å². The number of rotatable bonds is 3. The maximum absolute atomic E-state index is 11.2. The Labute approximate surface area is 141 Å². The highest BCUT2D eigenvalue weighted by atomic mass is 32.1. The van der Waals surface area contributed by atoms with Crippen LogP contribution in [-0.2, 0) is 9.31 Å². The summed E-state index contributed by atoms with van der Waals surface area (Å²) in [5, 5.41) is 0.739. The van der Waals surface area contributed by atoms with E-state index in [1.807, 2.05) is 46.9 Å². The summed E-state index contributed by atoms with van der Waals surface area (Å²) in [5.41, 5.74) is 1.88. The smallest absolute Gasteiger partial charge is 0.463 e. The Morgan fingerprint density at radius 2 is 1.78 bits per heavy atom. The van der Waals surface area contributed by atoms with E-state index in [-0.39, 0.29) is 0 Å². The molecule has 1 aliphatic rings. The minimum atomic E-state index is -0.539. The van der Waals surface area contributed by atoms with Gasteiger partial charge in [-0.25, -0.2) is 0 Å². The van der Waals surface area contributed by atoms with Gasteiger partial charge in [0, 0.05) is 29.7 Å². The zero-order chi connectivity index (χ0) is 17.0. The first-order valence-electron chi connectivity index (χ1n) is 7.45. The Balaban J connectivity index is 2.16. The van der Waals surface area contributed by atoms with E-state index >= 15 is 0 Å². The molecule has 2 aromatic rings. The summed E-state index contributed by atoms with van der Waals surface area (Å²) in [6.07, 6.45) is 2.23. The van der Waals surface area contributed by atoms with Gasteiger partial charge in [0.2, 0.25) is 0 Å². The molecule has 3 rings (SSSR count). The lowest BCUT2D eigenvalue weighted by atomic mass is 9.77. The van der Waals surface area contributed by atoms with Crippen molar-refractivity contribution in [3.63, 3.8) is 0 Å². The van der Waals surface area contributed by atoms with Crippen LogP contribution in [-0.4, -0.2) is 31.7 Å². The Kier molecular flexibility index (Phi) is 3.78. The lowest BCUT2D eigenvalue weighted by Gasteiger charge is -2.32. The molecular weight excluding hydrogens is 313 g/mol. The van der Waals surface area contributed by atoms with E-state index in [4.69, 9.17) is 13.7 Å². The SMILES string of the molecule is CN(S)c1cc2occ(C=O)c2cc1B1OC(C)(C)C(C)(C)O1. The highest BCUT2D eigenvalue weighted by Crippen LogP contribution is 2.38. The molecule has 1 aromatic heterocycles. The first-order chi connectivity index (χ1) is 10.7. The number of thiol groups is 1. The van der Waals surface area contributed by atoms with Crippen LogP contribution in [0.4, 0.5) is 5.69 Å². The molecule has 1 saturated heterocycles. The summed E-state index contributed by atoms with van der Waals surface area (Å²) in [4.78, 5) is 11.2. The van der Waals surface area contributed by atoms with Crippen molar-refractivity contribution < 1.29 is 18.5 Å². The van der Waals surface area contributed by atoms with Crippen LogP contribution in [0.3, 0.4) is 0 Å². The number of anilines is 1. The Hall–Kier alpha value is -1.44. The van der Waals surface area contributed by atoms with Gasteiger partial charge in [-0.1, -0.05) is 12.8 Å². The monoisotopic (exact) mass is 333 g/mol. The second-order valence-corrected chi connectivity index (χ2v) is 7.43. The quantitative estimate of drug-likeness (QED) is 0.532. The summed E-state index contributed by atoms with van der Waals surface area (Å²) in [6.45, 7) is 8.02. The molecule has 0 bridgehead atoms. The van der Waals surface area contributed by atoms with Crippen LogP contribution >= 0.6 is 12.8 Å². The fourth-order valence-corrected chi connectivity index (χ4v) is 2.80. The van der Waals surface area contributed by atoms with Crippen LogP contribution in [0.15, 0.2) is 22.8 Å². The third-order valence-electron chi connectivity index (χ3n) is 4.74. The van der Waals surface area contributed by atoms with Gasteiger partial charge in [0.05, 0.1) is 16.8 Å². The van der Waals surface area contributed by atoms with Crippen LogP contribution in [0.5, 0.6) is 0 Å². The number of furan rings is 1. The minimum absolute atomic E-state index is 0.442. The second kappa shape index (κ2) is 5.29. The summed E-state index contributed by atoms with van der Waals surface area (Å²) in [7, 11) is 1.28. The molecule has 1 aromatic carbocycles. The molecule has 0 spiro atoms. The van der Waals surface area contributed by atoms with E-state index < -0.39 is 18.3 Å². The average Bonchev–Trinajstić information content (AvgIpc) is 2.95. The Morgan fingerprint density at radius 3 is 2.30 bits per heavy atom. The molecule has 1 aliphatic heterocycles. The van der Waals surface area contributed by atoms with Crippen LogP contribution in [0.1, 0.15) is 38.1 Å². The fraction of sp³-hybridized carbons (Fsp3) is 0.438. The van der Waals surface area contributed by atoms with Crippen molar-refractivity contribution in [2.24, 2.45) is 0 Å². The average molecular weight is 333 g/mol. The minimum Gasteiger partial charge on any atom is -0.463 e. The Bertz CT molecular complexity index is 753. The van der Waals surface area contributed by atoms with E-state index in [1.54, 1.807) is 4.31 Å². The maximum atomic E-state index is 11.2. The highest BCUT2D eigenvalue weighted by molar-refractivity contribution is 7.81. The summed E-state index contributed by atoms with van der Waals surface area (Å²) >= 11 is 4.40. The summed E-state index contributed by atoms with van der Waals surface area (Å²) in [6, 6.07) is 3.72. The first kappa shape index (κ1) is 16.4. The zero-order valence-electron chi connectivity index (χ0n) is 13.9. The molecule has 2 heterocycles. The number of hydrogen-bond donors (Lipinski definition) is 1. The van der Waals surface area contributed by atoms with Crippen molar-refractivity contribution in [3.8, 4) is 0 Å². The normalized spacial score (nSPS) is 19.3. The van der Waals surface area contributed by atoms with Gasteiger partial charge < -0.3 is 18.0 Å². The molecule has 23 heavy (non-hydrogen) atoms. The Morgan fingerprint density at radius 1 is 1.17 bits per heavy atom. The molecule has 122 valence electrons. The number of carbonyl (C=O) groups is 1. The van der Waals surface area contributed by atoms with Gasteiger partial charge in [-0.3, -0.25) is 4.79 Å². The van der Waals surface area contributed by atoms with Crippen LogP contribution in [0.2, 0.25) is 0 Å². The number of hydrogen-bond acceptors (Lipinski definition) is 6. The van der Waals surface area contributed by atoms with E-state index in [1.165, 1.54) is 6.26 Å². The topological polar surface area (TPSA) is 51.9 Å². The predicted molar refractivity (Wildman–Crippen MR) is 94.7 cm³/mol. The number of benzene rings is 1. The number of carbonyl (C=O) groups excluding carboxylic acids is 1. The standard InChI is InChI=1S/C16H20BNO4S/c1-15(2)16(3,4)22-17(21-15)12-6-11-10(8-19)9-20-14(11)7-13(12)18(5)23/h6-9,23H,1-5H3. The first-order valence-corrected chi connectivity index (χ1v) is 7.85. The molecule has 5 nitrogen and oxygen atoms in total. The molecular formula is C16H20BNO4S. The maximum Gasteiger partial charge on any atom is 0.497 e. The predicted octanol–water partition coefficient (Wildman–Crippen LogP) is 2.83. The molecule has 7 heteroatoms. The molecule has 0 N–H and O–H groups in total. The summed E-state index contributed by atoms with van der Waals surface area (Å²) < 4.78 is 19.4. The van der Waals surface area contributed by atoms with Crippen molar-refractivity contribution in [2.45, 2.75) is 38.9 Å². The molecule has 0 unspecified atom stereocenters. The van der Waals surface area contributed by atoms with E-state index in [9.17, 15) is 4.79 Å². The fourth-order valence-electron chi connectivity index (χ4n) is 2.63. The molecule has 0 radical (unpaired) electrons. The van der Waals surface area contributed by atoms with Gasteiger partial charge in [0.15, 0.2) is 6.29 Å². The molecule has 0 saturated carbocycles. The number of nitrogens with zero attached hydrogens (tertiary/aromatic N) is 1. The summed E-state index contributed by atoms with van der Waals surface area (Å²) in [5.74, 6) is 0. The van der Waals surface area contributed by atoms with Crippen LogP contribution < -0.4 is 9.77 Å². The van der Waals surface area contributed by atoms with E-state index in [2.05, 4.69) is 12.8 Å². The van der Waals surface area contributed by atoms with Crippen molar-refractivity contribution in [3.05, 3.63) is 24.0 Å². The van der Waals surface area contributed by atoms with Gasteiger partial charge in [-0.05, 0) is 33.8 Å². The zero-order valence-corrected chi connectivity index (χ0v) is 14.8. The van der Waals surface area contributed by atoms with Crippen molar-refractivity contribution in [1.82, 2.24) is 0 Å². The number of aldehydes is 1.